The first-order valence-corrected chi connectivity index (χ1v) is 6.91. The van der Waals surface area contributed by atoms with Crippen molar-refractivity contribution >= 4 is 10.8 Å². The minimum atomic E-state index is 0.245. The lowest BCUT2D eigenvalue weighted by Gasteiger charge is -2.14. The first kappa shape index (κ1) is 12.7. The number of rotatable bonds is 1. The number of hydrogen-bond donors (Lipinski definition) is 0. The molecule has 1 unspecified atom stereocenters. The minimum absolute atomic E-state index is 0.245. The largest absolute Gasteiger partial charge is 0.192 e. The number of nitrogens with zero attached hydrogens (tertiary/aromatic N) is 1. The van der Waals surface area contributed by atoms with Gasteiger partial charge >= 0.3 is 0 Å². The zero-order valence-electron chi connectivity index (χ0n) is 12.1. The number of allylic oxidation sites excluding steroid dienone is 4. The van der Waals surface area contributed by atoms with Crippen LogP contribution in [-0.4, -0.2) is 0 Å². The van der Waals surface area contributed by atoms with Crippen molar-refractivity contribution in [3.63, 3.8) is 0 Å². The Morgan fingerprint density at radius 2 is 1.65 bits per heavy atom. The molecule has 2 aromatic carbocycles. The van der Waals surface area contributed by atoms with E-state index in [2.05, 4.69) is 51.1 Å². The van der Waals surface area contributed by atoms with Gasteiger partial charge in [0, 0.05) is 5.92 Å². The molecule has 1 aliphatic carbocycles. The fourth-order valence-electron chi connectivity index (χ4n) is 2.98. The van der Waals surface area contributed by atoms with E-state index in [0.29, 0.717) is 0 Å². The fraction of sp³-hybridized carbons (Fsp3) is 0.211. The second-order valence-corrected chi connectivity index (χ2v) is 5.53. The van der Waals surface area contributed by atoms with Crippen LogP contribution in [0.3, 0.4) is 0 Å². The van der Waals surface area contributed by atoms with Gasteiger partial charge in [-0.3, -0.25) is 0 Å². The van der Waals surface area contributed by atoms with Crippen LogP contribution < -0.4 is 0 Å². The average molecular weight is 259 g/mol. The highest BCUT2D eigenvalue weighted by atomic mass is 14.3. The van der Waals surface area contributed by atoms with Crippen LogP contribution >= 0.6 is 0 Å². The van der Waals surface area contributed by atoms with Gasteiger partial charge in [0.25, 0.3) is 0 Å². The molecule has 0 fully saturated rings. The van der Waals surface area contributed by atoms with Gasteiger partial charge in [0.05, 0.1) is 11.6 Å². The summed E-state index contributed by atoms with van der Waals surface area (Å²) in [6.07, 6.45) is 2.27. The summed E-state index contributed by atoms with van der Waals surface area (Å²) in [6, 6.07) is 14.8. The van der Waals surface area contributed by atoms with E-state index in [4.69, 9.17) is 0 Å². The average Bonchev–Trinajstić information content (AvgIpc) is 2.73. The molecule has 1 aliphatic rings. The third-order valence-corrected chi connectivity index (χ3v) is 4.44. The van der Waals surface area contributed by atoms with E-state index in [1.54, 1.807) is 0 Å². The van der Waals surface area contributed by atoms with Gasteiger partial charge in [-0.1, -0.05) is 41.5 Å². The Kier molecular flexibility index (Phi) is 2.95. The second kappa shape index (κ2) is 4.65. The molecule has 0 radical (unpaired) electrons. The van der Waals surface area contributed by atoms with Crippen molar-refractivity contribution in [3.05, 3.63) is 70.3 Å². The van der Waals surface area contributed by atoms with Crippen LogP contribution in [0.1, 0.15) is 37.8 Å². The van der Waals surface area contributed by atoms with E-state index in [9.17, 15) is 5.26 Å². The first-order valence-electron chi connectivity index (χ1n) is 6.91. The Labute approximate surface area is 119 Å². The molecule has 98 valence electrons. The van der Waals surface area contributed by atoms with Crippen molar-refractivity contribution in [2.24, 2.45) is 0 Å². The highest BCUT2D eigenvalue weighted by molar-refractivity contribution is 5.85. The second-order valence-electron chi connectivity index (χ2n) is 5.53. The number of nitriles is 1. The molecule has 0 spiro atoms. The van der Waals surface area contributed by atoms with Crippen LogP contribution in [0.25, 0.3) is 10.8 Å². The highest BCUT2D eigenvalue weighted by Crippen LogP contribution is 2.39. The summed E-state index contributed by atoms with van der Waals surface area (Å²) in [7, 11) is 0. The lowest BCUT2D eigenvalue weighted by molar-refractivity contribution is 0.999. The lowest BCUT2D eigenvalue weighted by Crippen LogP contribution is -1.99. The van der Waals surface area contributed by atoms with Crippen molar-refractivity contribution < 1.29 is 0 Å². The van der Waals surface area contributed by atoms with Crippen LogP contribution in [0, 0.1) is 11.3 Å². The summed E-state index contributed by atoms with van der Waals surface area (Å²) in [6.45, 7) is 6.48. The van der Waals surface area contributed by atoms with E-state index in [0.717, 1.165) is 16.5 Å². The summed E-state index contributed by atoms with van der Waals surface area (Å²) < 4.78 is 0. The molecule has 1 nitrogen and oxygen atoms in total. The predicted molar refractivity (Wildman–Crippen MR) is 83.5 cm³/mol. The van der Waals surface area contributed by atoms with Gasteiger partial charge in [-0.25, -0.2) is 0 Å². The maximum atomic E-state index is 9.47. The Morgan fingerprint density at radius 1 is 1.00 bits per heavy atom. The van der Waals surface area contributed by atoms with Crippen LogP contribution in [-0.2, 0) is 0 Å². The molecule has 0 amide bonds. The van der Waals surface area contributed by atoms with Gasteiger partial charge in [0.1, 0.15) is 0 Å². The third-order valence-electron chi connectivity index (χ3n) is 4.44. The fourth-order valence-corrected chi connectivity index (χ4v) is 2.98. The minimum Gasteiger partial charge on any atom is -0.192 e. The molecule has 0 aliphatic heterocycles. The Hall–Kier alpha value is -2.33. The zero-order valence-corrected chi connectivity index (χ0v) is 12.1. The molecule has 1 atom stereocenters. The van der Waals surface area contributed by atoms with Gasteiger partial charge in [-0.05, 0) is 54.8 Å². The van der Waals surface area contributed by atoms with Crippen LogP contribution in [0.5, 0.6) is 0 Å². The molecule has 0 heterocycles. The molecular weight excluding hydrogens is 242 g/mol. The van der Waals surface area contributed by atoms with E-state index >= 15 is 0 Å². The summed E-state index contributed by atoms with van der Waals surface area (Å²) in [4.78, 5) is 0. The summed E-state index contributed by atoms with van der Waals surface area (Å²) in [5, 5.41) is 11.8. The topological polar surface area (TPSA) is 23.8 Å². The first-order chi connectivity index (χ1) is 9.61. The van der Waals surface area contributed by atoms with Crippen molar-refractivity contribution in [3.8, 4) is 6.07 Å². The van der Waals surface area contributed by atoms with E-state index in [1.165, 1.54) is 22.1 Å². The molecule has 2 aromatic rings. The van der Waals surface area contributed by atoms with Crippen molar-refractivity contribution in [1.82, 2.24) is 0 Å². The molecule has 1 heteroatoms. The molecule has 0 aromatic heterocycles. The SMILES string of the molecule is CC1=CC(c2cc3ccccc3cc2C#N)C(C)=C1C. The lowest BCUT2D eigenvalue weighted by atomic mass is 9.88. The van der Waals surface area contributed by atoms with Crippen LogP contribution in [0.15, 0.2) is 59.2 Å². The molecule has 20 heavy (non-hydrogen) atoms. The van der Waals surface area contributed by atoms with Gasteiger partial charge in [0.2, 0.25) is 0 Å². The smallest absolute Gasteiger partial charge is 0.0995 e. The molecule has 0 N–H and O–H groups in total. The van der Waals surface area contributed by atoms with Gasteiger partial charge in [-0.15, -0.1) is 0 Å². The van der Waals surface area contributed by atoms with Gasteiger partial charge < -0.3 is 0 Å². The third kappa shape index (κ3) is 1.85. The number of fused-ring (bicyclic) bond motifs is 1. The highest BCUT2D eigenvalue weighted by Gasteiger charge is 2.22. The normalized spacial score (nSPS) is 18.3. The van der Waals surface area contributed by atoms with Crippen LogP contribution in [0.2, 0.25) is 0 Å². The summed E-state index contributed by atoms with van der Waals surface area (Å²) in [5.74, 6) is 0.245. The van der Waals surface area contributed by atoms with Gasteiger partial charge in [-0.2, -0.15) is 5.26 Å². The molecule has 0 saturated carbocycles. The maximum absolute atomic E-state index is 9.47. The number of hydrogen-bond acceptors (Lipinski definition) is 1. The maximum Gasteiger partial charge on any atom is 0.0995 e. The predicted octanol–water partition coefficient (Wildman–Crippen LogP) is 5.09. The molecule has 0 bridgehead atoms. The van der Waals surface area contributed by atoms with Crippen LogP contribution in [0.4, 0.5) is 0 Å². The Morgan fingerprint density at radius 3 is 2.20 bits per heavy atom. The number of benzene rings is 2. The van der Waals surface area contributed by atoms with Crippen molar-refractivity contribution in [1.29, 1.82) is 5.26 Å². The monoisotopic (exact) mass is 259 g/mol. The standard InChI is InChI=1S/C19H17N/c1-12-8-18(14(3)13(12)2)19-10-16-7-5-4-6-15(16)9-17(19)11-20/h4-10,18H,1-3H3. The quantitative estimate of drug-likeness (QED) is 0.699. The molecule has 3 rings (SSSR count). The Balaban J connectivity index is 2.25. The molecular formula is C19H17N. The van der Waals surface area contributed by atoms with E-state index < -0.39 is 0 Å². The van der Waals surface area contributed by atoms with E-state index in [-0.39, 0.29) is 5.92 Å². The van der Waals surface area contributed by atoms with E-state index in [1.807, 2.05) is 18.2 Å². The molecule has 0 saturated heterocycles. The Bertz CT molecular complexity index is 800. The summed E-state index contributed by atoms with van der Waals surface area (Å²) in [5.41, 5.74) is 5.94. The zero-order chi connectivity index (χ0) is 14.3. The van der Waals surface area contributed by atoms with Gasteiger partial charge in [0.15, 0.2) is 0 Å². The van der Waals surface area contributed by atoms with Crippen molar-refractivity contribution in [2.45, 2.75) is 26.7 Å². The van der Waals surface area contributed by atoms with Crippen molar-refractivity contribution in [2.75, 3.05) is 0 Å². The summed E-state index contributed by atoms with van der Waals surface area (Å²) >= 11 is 0.